The number of nitrogens with zero attached hydrogens (tertiary/aromatic N) is 1. The monoisotopic (exact) mass is 342 g/mol. The lowest BCUT2D eigenvalue weighted by molar-refractivity contribution is 0.0787. The molecule has 0 aliphatic carbocycles. The highest BCUT2D eigenvalue weighted by molar-refractivity contribution is 5.95. The SMILES string of the molecule is CCCOc1ccc(C(=O)N2CCC(CN)C2)cc1OCC.Cl. The lowest BCUT2D eigenvalue weighted by atomic mass is 10.1. The first-order valence-corrected chi connectivity index (χ1v) is 8.08. The van der Waals surface area contributed by atoms with E-state index in [-0.39, 0.29) is 18.3 Å². The van der Waals surface area contributed by atoms with Gasteiger partial charge >= 0.3 is 0 Å². The molecule has 1 aliphatic heterocycles. The third kappa shape index (κ3) is 5.01. The van der Waals surface area contributed by atoms with Crippen LogP contribution in [0.15, 0.2) is 18.2 Å². The summed E-state index contributed by atoms with van der Waals surface area (Å²) in [6.45, 7) is 7.31. The van der Waals surface area contributed by atoms with Gasteiger partial charge in [0.2, 0.25) is 0 Å². The van der Waals surface area contributed by atoms with E-state index in [2.05, 4.69) is 6.92 Å². The number of nitrogens with two attached hydrogens (primary N) is 1. The van der Waals surface area contributed by atoms with Crippen molar-refractivity contribution < 1.29 is 14.3 Å². The van der Waals surface area contributed by atoms with Crippen LogP contribution in [0.3, 0.4) is 0 Å². The van der Waals surface area contributed by atoms with E-state index in [4.69, 9.17) is 15.2 Å². The molecule has 0 radical (unpaired) electrons. The van der Waals surface area contributed by atoms with Crippen LogP contribution in [0.25, 0.3) is 0 Å². The van der Waals surface area contributed by atoms with Crippen LogP contribution in [0.4, 0.5) is 0 Å². The molecule has 0 aromatic heterocycles. The zero-order valence-electron chi connectivity index (χ0n) is 13.9. The Labute approximate surface area is 144 Å². The quantitative estimate of drug-likeness (QED) is 0.827. The molecule has 1 saturated heterocycles. The molecule has 0 spiro atoms. The lowest BCUT2D eigenvalue weighted by Gasteiger charge is -2.18. The Kier molecular flexibility index (Phi) is 8.20. The molecule has 1 atom stereocenters. The Morgan fingerprint density at radius 3 is 2.70 bits per heavy atom. The first-order valence-electron chi connectivity index (χ1n) is 8.08. The van der Waals surface area contributed by atoms with Gasteiger partial charge in [-0.3, -0.25) is 4.79 Å². The fourth-order valence-electron chi connectivity index (χ4n) is 2.63. The molecule has 5 nitrogen and oxygen atoms in total. The highest BCUT2D eigenvalue weighted by Crippen LogP contribution is 2.30. The van der Waals surface area contributed by atoms with Crippen LogP contribution in [-0.2, 0) is 0 Å². The van der Waals surface area contributed by atoms with Crippen molar-refractivity contribution in [1.82, 2.24) is 4.90 Å². The van der Waals surface area contributed by atoms with E-state index < -0.39 is 0 Å². The summed E-state index contributed by atoms with van der Waals surface area (Å²) in [6, 6.07) is 5.42. The molecule has 1 aromatic rings. The smallest absolute Gasteiger partial charge is 0.254 e. The van der Waals surface area contributed by atoms with Crippen LogP contribution in [0.5, 0.6) is 11.5 Å². The van der Waals surface area contributed by atoms with Crippen molar-refractivity contribution in [2.24, 2.45) is 11.7 Å². The molecule has 130 valence electrons. The van der Waals surface area contributed by atoms with Crippen molar-refractivity contribution in [3.8, 4) is 11.5 Å². The first kappa shape index (κ1) is 19.6. The van der Waals surface area contributed by atoms with Crippen LogP contribution >= 0.6 is 12.4 Å². The predicted octanol–water partition coefficient (Wildman–Crippen LogP) is 2.72. The summed E-state index contributed by atoms with van der Waals surface area (Å²) in [7, 11) is 0. The number of ether oxygens (including phenoxy) is 2. The largest absolute Gasteiger partial charge is 0.490 e. The van der Waals surface area contributed by atoms with Crippen LogP contribution in [0, 0.1) is 5.92 Å². The number of carbonyl (C=O) groups is 1. The summed E-state index contributed by atoms with van der Waals surface area (Å²) in [4.78, 5) is 14.4. The highest BCUT2D eigenvalue weighted by Gasteiger charge is 2.26. The zero-order valence-corrected chi connectivity index (χ0v) is 14.7. The van der Waals surface area contributed by atoms with Gasteiger partial charge in [0.05, 0.1) is 13.2 Å². The van der Waals surface area contributed by atoms with Crippen molar-refractivity contribution in [3.63, 3.8) is 0 Å². The molecule has 2 rings (SSSR count). The second-order valence-corrected chi connectivity index (χ2v) is 5.58. The molecule has 1 fully saturated rings. The molecule has 1 unspecified atom stereocenters. The van der Waals surface area contributed by atoms with E-state index in [1.165, 1.54) is 0 Å². The highest BCUT2D eigenvalue weighted by atomic mass is 35.5. The molecule has 0 bridgehead atoms. The fourth-order valence-corrected chi connectivity index (χ4v) is 2.63. The van der Waals surface area contributed by atoms with Crippen molar-refractivity contribution >= 4 is 18.3 Å². The maximum absolute atomic E-state index is 12.6. The van der Waals surface area contributed by atoms with Gasteiger partial charge in [0.1, 0.15) is 0 Å². The number of halogens is 1. The van der Waals surface area contributed by atoms with E-state index in [0.29, 0.717) is 42.7 Å². The van der Waals surface area contributed by atoms with E-state index in [1.807, 2.05) is 24.0 Å². The first-order chi connectivity index (χ1) is 10.7. The Bertz CT molecular complexity index is 511. The van der Waals surface area contributed by atoms with Gasteiger partial charge in [-0.15, -0.1) is 12.4 Å². The maximum Gasteiger partial charge on any atom is 0.254 e. The summed E-state index contributed by atoms with van der Waals surface area (Å²) < 4.78 is 11.3. The molecular formula is C17H27ClN2O3. The summed E-state index contributed by atoms with van der Waals surface area (Å²) in [5, 5.41) is 0. The summed E-state index contributed by atoms with van der Waals surface area (Å²) in [5.41, 5.74) is 6.33. The van der Waals surface area contributed by atoms with Gasteiger partial charge in [-0.25, -0.2) is 0 Å². The van der Waals surface area contributed by atoms with Gasteiger partial charge in [-0.1, -0.05) is 6.92 Å². The molecular weight excluding hydrogens is 316 g/mol. The van der Waals surface area contributed by atoms with Crippen molar-refractivity contribution in [2.45, 2.75) is 26.7 Å². The standard InChI is InChI=1S/C17H26N2O3.ClH/c1-3-9-22-15-6-5-14(10-16(15)21-4-2)17(20)19-8-7-13(11-18)12-19;/h5-6,10,13H,3-4,7-9,11-12,18H2,1-2H3;1H. The lowest BCUT2D eigenvalue weighted by Crippen LogP contribution is -2.29. The molecule has 23 heavy (non-hydrogen) atoms. The molecule has 1 aliphatic rings. The number of likely N-dealkylation sites (tertiary alicyclic amines) is 1. The maximum atomic E-state index is 12.6. The van der Waals surface area contributed by atoms with Crippen molar-refractivity contribution in [1.29, 1.82) is 0 Å². The minimum absolute atomic E-state index is 0. The molecule has 6 heteroatoms. The Morgan fingerprint density at radius 1 is 1.30 bits per heavy atom. The number of amides is 1. The van der Waals surface area contributed by atoms with Crippen LogP contribution in [-0.4, -0.2) is 43.7 Å². The summed E-state index contributed by atoms with van der Waals surface area (Å²) >= 11 is 0. The molecule has 1 aromatic carbocycles. The van der Waals surface area contributed by atoms with Gasteiger partial charge in [0.25, 0.3) is 5.91 Å². The van der Waals surface area contributed by atoms with E-state index in [9.17, 15) is 4.79 Å². The summed E-state index contributed by atoms with van der Waals surface area (Å²) in [6.07, 6.45) is 1.92. The Balaban J connectivity index is 0.00000264. The number of benzene rings is 1. The topological polar surface area (TPSA) is 64.8 Å². The Hall–Kier alpha value is -1.46. The van der Waals surface area contributed by atoms with Crippen molar-refractivity contribution in [3.05, 3.63) is 23.8 Å². The zero-order chi connectivity index (χ0) is 15.9. The van der Waals surface area contributed by atoms with Gasteiger partial charge in [0.15, 0.2) is 11.5 Å². The van der Waals surface area contributed by atoms with Gasteiger partial charge in [0, 0.05) is 18.7 Å². The average molecular weight is 343 g/mol. The van der Waals surface area contributed by atoms with E-state index in [1.54, 1.807) is 6.07 Å². The predicted molar refractivity (Wildman–Crippen MR) is 93.7 cm³/mol. The molecule has 2 N–H and O–H groups in total. The summed E-state index contributed by atoms with van der Waals surface area (Å²) in [5.74, 6) is 1.79. The van der Waals surface area contributed by atoms with Gasteiger partial charge in [-0.2, -0.15) is 0 Å². The normalized spacial score (nSPS) is 16.8. The minimum Gasteiger partial charge on any atom is -0.490 e. The average Bonchev–Trinajstić information content (AvgIpc) is 3.02. The molecule has 1 heterocycles. The second kappa shape index (κ2) is 9.63. The second-order valence-electron chi connectivity index (χ2n) is 5.58. The van der Waals surface area contributed by atoms with Crippen molar-refractivity contribution in [2.75, 3.05) is 32.8 Å². The molecule has 0 saturated carbocycles. The third-order valence-corrected chi connectivity index (χ3v) is 3.86. The number of hydrogen-bond acceptors (Lipinski definition) is 4. The van der Waals surface area contributed by atoms with Crippen LogP contribution in [0.2, 0.25) is 0 Å². The third-order valence-electron chi connectivity index (χ3n) is 3.86. The number of carbonyl (C=O) groups excluding carboxylic acids is 1. The number of hydrogen-bond donors (Lipinski definition) is 1. The van der Waals surface area contributed by atoms with Gasteiger partial charge < -0.3 is 20.1 Å². The minimum atomic E-state index is 0. The van der Waals surface area contributed by atoms with Crippen LogP contribution < -0.4 is 15.2 Å². The number of rotatable bonds is 7. The van der Waals surface area contributed by atoms with Crippen LogP contribution in [0.1, 0.15) is 37.0 Å². The van der Waals surface area contributed by atoms with E-state index >= 15 is 0 Å². The molecule has 1 amide bonds. The van der Waals surface area contributed by atoms with Gasteiger partial charge in [-0.05, 0) is 50.4 Å². The fraction of sp³-hybridized carbons (Fsp3) is 0.588. The van der Waals surface area contributed by atoms with E-state index in [0.717, 1.165) is 25.9 Å². The Morgan fingerprint density at radius 2 is 2.09 bits per heavy atom.